The maximum absolute atomic E-state index is 12.5. The summed E-state index contributed by atoms with van der Waals surface area (Å²) in [5, 5.41) is 0. The lowest BCUT2D eigenvalue weighted by Crippen LogP contribution is -2.48. The van der Waals surface area contributed by atoms with Gasteiger partial charge >= 0.3 is 0 Å². The van der Waals surface area contributed by atoms with Crippen molar-refractivity contribution in [3.05, 3.63) is 0 Å². The maximum Gasteiger partial charge on any atom is 0.216 e. The number of methoxy groups -OCH3 is 1. The van der Waals surface area contributed by atoms with Crippen molar-refractivity contribution in [1.82, 2.24) is 9.21 Å². The fourth-order valence-electron chi connectivity index (χ4n) is 3.69. The van der Waals surface area contributed by atoms with Gasteiger partial charge in [-0.1, -0.05) is 0 Å². The quantitative estimate of drug-likeness (QED) is 0.692. The molecule has 0 aromatic rings. The molecular weight excluding hydrogens is 308 g/mol. The van der Waals surface area contributed by atoms with Crippen LogP contribution in [-0.4, -0.2) is 94.7 Å². The first-order chi connectivity index (χ1) is 10.6. The van der Waals surface area contributed by atoms with Crippen molar-refractivity contribution < 1.29 is 22.6 Å². The molecule has 2 atom stereocenters. The number of hydrogen-bond acceptors (Lipinski definition) is 6. The molecule has 0 amide bonds. The van der Waals surface area contributed by atoms with Crippen LogP contribution >= 0.6 is 0 Å². The van der Waals surface area contributed by atoms with Crippen molar-refractivity contribution in [3.8, 4) is 0 Å². The number of fused-ring (bicyclic) bond motifs is 1. The van der Waals surface area contributed by atoms with Gasteiger partial charge in [-0.25, -0.2) is 8.42 Å². The van der Waals surface area contributed by atoms with E-state index >= 15 is 0 Å². The Hall–Kier alpha value is -0.250. The lowest BCUT2D eigenvalue weighted by Gasteiger charge is -2.32. The molecular formula is C14H26N2O5S. The Kier molecular flexibility index (Phi) is 5.36. The highest BCUT2D eigenvalue weighted by molar-refractivity contribution is 7.89. The van der Waals surface area contributed by atoms with Gasteiger partial charge in [0.2, 0.25) is 10.0 Å². The van der Waals surface area contributed by atoms with Crippen LogP contribution in [0.2, 0.25) is 0 Å². The van der Waals surface area contributed by atoms with E-state index in [0.717, 1.165) is 39.1 Å². The summed E-state index contributed by atoms with van der Waals surface area (Å²) in [5.74, 6) is 0.0704. The van der Waals surface area contributed by atoms with Crippen molar-refractivity contribution in [3.63, 3.8) is 0 Å². The molecule has 0 bridgehead atoms. The molecule has 3 saturated heterocycles. The van der Waals surface area contributed by atoms with Gasteiger partial charge in [-0.2, -0.15) is 4.31 Å². The molecule has 3 fully saturated rings. The highest BCUT2D eigenvalue weighted by atomic mass is 32.2. The molecule has 3 rings (SSSR count). The highest BCUT2D eigenvalue weighted by Crippen LogP contribution is 2.28. The SMILES string of the molecule is COCCN1[C@@H]2CN(C3CCOCC3)C[C@@H]2OCCS1(=O)=O. The van der Waals surface area contributed by atoms with Gasteiger partial charge in [0, 0.05) is 46.0 Å². The fourth-order valence-corrected chi connectivity index (χ4v) is 5.20. The number of hydrogen-bond donors (Lipinski definition) is 0. The van der Waals surface area contributed by atoms with Gasteiger partial charge in [0.1, 0.15) is 0 Å². The van der Waals surface area contributed by atoms with Gasteiger partial charge in [0.15, 0.2) is 0 Å². The summed E-state index contributed by atoms with van der Waals surface area (Å²) >= 11 is 0. The molecule has 0 N–H and O–H groups in total. The van der Waals surface area contributed by atoms with Gasteiger partial charge in [0.05, 0.1) is 31.1 Å². The normalized spacial score (nSPS) is 34.4. The molecule has 3 heterocycles. The van der Waals surface area contributed by atoms with Crippen LogP contribution in [0.1, 0.15) is 12.8 Å². The van der Waals surface area contributed by atoms with Crippen molar-refractivity contribution in [1.29, 1.82) is 0 Å². The number of rotatable bonds is 4. The van der Waals surface area contributed by atoms with Gasteiger partial charge in [-0.3, -0.25) is 4.90 Å². The van der Waals surface area contributed by atoms with Crippen molar-refractivity contribution >= 4 is 10.0 Å². The zero-order valence-corrected chi connectivity index (χ0v) is 14.0. The number of ether oxygens (including phenoxy) is 3. The Morgan fingerprint density at radius 3 is 2.68 bits per heavy atom. The summed E-state index contributed by atoms with van der Waals surface area (Å²) in [6.45, 7) is 4.26. The average molecular weight is 334 g/mol. The second-order valence-corrected chi connectivity index (χ2v) is 8.23. The number of sulfonamides is 1. The van der Waals surface area contributed by atoms with Crippen LogP contribution in [0.5, 0.6) is 0 Å². The van der Waals surface area contributed by atoms with Crippen molar-refractivity contribution in [2.45, 2.75) is 31.0 Å². The fraction of sp³-hybridized carbons (Fsp3) is 1.00. The number of likely N-dealkylation sites (tertiary alicyclic amines) is 1. The molecule has 22 heavy (non-hydrogen) atoms. The van der Waals surface area contributed by atoms with E-state index in [4.69, 9.17) is 14.2 Å². The predicted molar refractivity (Wildman–Crippen MR) is 81.3 cm³/mol. The van der Waals surface area contributed by atoms with E-state index in [9.17, 15) is 8.42 Å². The predicted octanol–water partition coefficient (Wildman–Crippen LogP) is -0.473. The van der Waals surface area contributed by atoms with Crippen LogP contribution in [0, 0.1) is 0 Å². The first-order valence-electron chi connectivity index (χ1n) is 8.03. The van der Waals surface area contributed by atoms with Crippen LogP contribution in [0.3, 0.4) is 0 Å². The third-order valence-corrected chi connectivity index (χ3v) is 6.74. The van der Waals surface area contributed by atoms with Crippen LogP contribution in [-0.2, 0) is 24.2 Å². The lowest BCUT2D eigenvalue weighted by atomic mass is 10.1. The summed E-state index contributed by atoms with van der Waals surface area (Å²) in [7, 11) is -1.66. The summed E-state index contributed by atoms with van der Waals surface area (Å²) in [4.78, 5) is 2.39. The van der Waals surface area contributed by atoms with Gasteiger partial charge < -0.3 is 14.2 Å². The van der Waals surface area contributed by atoms with E-state index in [-0.39, 0.29) is 24.5 Å². The molecule has 3 aliphatic rings. The average Bonchev–Trinajstić information content (AvgIpc) is 2.87. The minimum absolute atomic E-state index is 0.0306. The van der Waals surface area contributed by atoms with Crippen LogP contribution in [0.4, 0.5) is 0 Å². The third kappa shape index (κ3) is 3.47. The van der Waals surface area contributed by atoms with Crippen LogP contribution < -0.4 is 0 Å². The molecule has 7 nitrogen and oxygen atoms in total. The van der Waals surface area contributed by atoms with E-state index in [1.807, 2.05) is 0 Å². The molecule has 128 valence electrons. The molecule has 8 heteroatoms. The largest absolute Gasteiger partial charge is 0.383 e. The Morgan fingerprint density at radius 1 is 1.18 bits per heavy atom. The Bertz CT molecular complexity index is 466. The molecule has 0 aromatic carbocycles. The number of nitrogens with zero attached hydrogens (tertiary/aromatic N) is 2. The smallest absolute Gasteiger partial charge is 0.216 e. The van der Waals surface area contributed by atoms with E-state index in [2.05, 4.69) is 4.90 Å². The van der Waals surface area contributed by atoms with Gasteiger partial charge in [-0.15, -0.1) is 0 Å². The van der Waals surface area contributed by atoms with Crippen LogP contribution in [0.25, 0.3) is 0 Å². The summed E-state index contributed by atoms with van der Waals surface area (Å²) in [6, 6.07) is 0.391. The van der Waals surface area contributed by atoms with E-state index in [1.165, 1.54) is 0 Å². The summed E-state index contributed by atoms with van der Waals surface area (Å²) < 4.78 is 43.0. The minimum atomic E-state index is -3.26. The van der Waals surface area contributed by atoms with E-state index in [1.54, 1.807) is 11.4 Å². The Labute approximate surface area is 132 Å². The maximum atomic E-state index is 12.5. The van der Waals surface area contributed by atoms with Gasteiger partial charge in [-0.05, 0) is 12.8 Å². The first kappa shape index (κ1) is 16.6. The molecule has 0 radical (unpaired) electrons. The van der Waals surface area contributed by atoms with Crippen molar-refractivity contribution in [2.24, 2.45) is 0 Å². The summed E-state index contributed by atoms with van der Waals surface area (Å²) in [6.07, 6.45) is 2.01. The zero-order valence-electron chi connectivity index (χ0n) is 13.1. The minimum Gasteiger partial charge on any atom is -0.383 e. The topological polar surface area (TPSA) is 68.3 Å². The van der Waals surface area contributed by atoms with Crippen LogP contribution in [0.15, 0.2) is 0 Å². The zero-order chi connectivity index (χ0) is 15.6. The first-order valence-corrected chi connectivity index (χ1v) is 9.64. The third-order valence-electron chi connectivity index (χ3n) is 4.89. The second-order valence-electron chi connectivity index (χ2n) is 6.19. The monoisotopic (exact) mass is 334 g/mol. The Balaban J connectivity index is 1.73. The molecule has 0 aliphatic carbocycles. The van der Waals surface area contributed by atoms with E-state index < -0.39 is 10.0 Å². The molecule has 0 spiro atoms. The lowest BCUT2D eigenvalue weighted by molar-refractivity contribution is 0.0253. The molecule has 3 aliphatic heterocycles. The molecule has 0 saturated carbocycles. The highest BCUT2D eigenvalue weighted by Gasteiger charge is 2.45. The second kappa shape index (κ2) is 7.11. The van der Waals surface area contributed by atoms with Gasteiger partial charge in [0.25, 0.3) is 0 Å². The standard InChI is InChI=1S/C14H26N2O5S/c1-19-7-4-16-13-10-15(12-2-5-20-6-3-12)11-14(13)21-8-9-22(16,17)18/h12-14H,2-11H2,1H3/t13-,14+/m1/s1. The van der Waals surface area contributed by atoms with E-state index in [0.29, 0.717) is 19.2 Å². The molecule has 0 unspecified atom stereocenters. The van der Waals surface area contributed by atoms with Crippen molar-refractivity contribution in [2.75, 3.05) is 58.9 Å². The Morgan fingerprint density at radius 2 is 1.95 bits per heavy atom. The summed E-state index contributed by atoms with van der Waals surface area (Å²) in [5.41, 5.74) is 0. The molecule has 0 aromatic heterocycles.